The highest BCUT2D eigenvalue weighted by Gasteiger charge is 2.13. The van der Waals surface area contributed by atoms with Crippen molar-refractivity contribution in [2.45, 2.75) is 52.6 Å². The Morgan fingerprint density at radius 1 is 1.19 bits per heavy atom. The molecule has 0 aliphatic heterocycles. The first-order valence-electron chi connectivity index (χ1n) is 5.81. The largest absolute Gasteiger partial charge is 0.508 e. The minimum atomic E-state index is -0.617. The number of hydrogen-bond donors (Lipinski definition) is 2. The topological polar surface area (TPSA) is 40.5 Å². The van der Waals surface area contributed by atoms with Crippen LogP contribution in [0.2, 0.25) is 0 Å². The van der Waals surface area contributed by atoms with E-state index in [1.807, 2.05) is 27.7 Å². The number of hydrogen-bond acceptors (Lipinski definition) is 2. The molecule has 1 aromatic rings. The molecule has 16 heavy (non-hydrogen) atoms. The lowest BCUT2D eigenvalue weighted by Crippen LogP contribution is -2.18. The number of benzene rings is 1. The van der Waals surface area contributed by atoms with Gasteiger partial charge in [-0.15, -0.1) is 0 Å². The molecule has 0 bridgehead atoms. The molecule has 2 N–H and O–H groups in total. The number of phenolic OH excluding ortho intramolecular Hbond substituents is 1. The van der Waals surface area contributed by atoms with Crippen LogP contribution in [0, 0.1) is 13.8 Å². The van der Waals surface area contributed by atoms with Crippen LogP contribution in [-0.4, -0.2) is 15.8 Å². The second-order valence-corrected chi connectivity index (χ2v) is 5.25. The van der Waals surface area contributed by atoms with Gasteiger partial charge in [0.2, 0.25) is 0 Å². The quantitative estimate of drug-likeness (QED) is 0.821. The molecule has 0 spiro atoms. The highest BCUT2D eigenvalue weighted by molar-refractivity contribution is 5.42. The molecular weight excluding hydrogens is 200 g/mol. The van der Waals surface area contributed by atoms with E-state index in [9.17, 15) is 10.2 Å². The van der Waals surface area contributed by atoms with Gasteiger partial charge in [-0.05, 0) is 69.7 Å². The van der Waals surface area contributed by atoms with Gasteiger partial charge < -0.3 is 10.2 Å². The highest BCUT2D eigenvalue weighted by Crippen LogP contribution is 2.25. The lowest BCUT2D eigenvalue weighted by atomic mass is 9.95. The average Bonchev–Trinajstić information content (AvgIpc) is 2.07. The Labute approximate surface area is 97.9 Å². The lowest BCUT2D eigenvalue weighted by molar-refractivity contribution is 0.0689. The third-order valence-electron chi connectivity index (χ3n) is 2.81. The zero-order chi connectivity index (χ0) is 12.3. The van der Waals surface area contributed by atoms with Crippen LogP contribution in [0.25, 0.3) is 0 Å². The fraction of sp³-hybridized carbons (Fsp3) is 0.571. The number of aryl methyl sites for hydroxylation is 2. The minimum Gasteiger partial charge on any atom is -0.508 e. The van der Waals surface area contributed by atoms with Gasteiger partial charge in [0.1, 0.15) is 5.75 Å². The molecule has 2 heteroatoms. The minimum absolute atomic E-state index is 0.383. The summed E-state index contributed by atoms with van der Waals surface area (Å²) in [5.74, 6) is 0.383. The fourth-order valence-corrected chi connectivity index (χ4v) is 2.00. The second-order valence-electron chi connectivity index (χ2n) is 5.25. The molecule has 1 aromatic carbocycles. The maximum Gasteiger partial charge on any atom is 0.119 e. The van der Waals surface area contributed by atoms with Gasteiger partial charge in [0.15, 0.2) is 0 Å². The van der Waals surface area contributed by atoms with Crippen LogP contribution < -0.4 is 0 Å². The molecule has 0 saturated heterocycles. The molecule has 0 aliphatic carbocycles. The van der Waals surface area contributed by atoms with Crippen molar-refractivity contribution in [1.29, 1.82) is 0 Å². The monoisotopic (exact) mass is 222 g/mol. The van der Waals surface area contributed by atoms with Crippen LogP contribution in [0.5, 0.6) is 5.75 Å². The Bertz CT molecular complexity index is 338. The van der Waals surface area contributed by atoms with Gasteiger partial charge in [0.25, 0.3) is 0 Å². The third-order valence-corrected chi connectivity index (χ3v) is 2.81. The van der Waals surface area contributed by atoms with Crippen LogP contribution in [0.1, 0.15) is 43.4 Å². The van der Waals surface area contributed by atoms with Crippen molar-refractivity contribution < 1.29 is 10.2 Å². The van der Waals surface area contributed by atoms with Crippen molar-refractivity contribution in [3.05, 3.63) is 28.8 Å². The second kappa shape index (κ2) is 4.88. The van der Waals surface area contributed by atoms with Crippen LogP contribution >= 0.6 is 0 Å². The molecule has 0 aliphatic rings. The lowest BCUT2D eigenvalue weighted by Gasteiger charge is -2.17. The van der Waals surface area contributed by atoms with Gasteiger partial charge in [-0.1, -0.05) is 6.07 Å². The zero-order valence-electron chi connectivity index (χ0n) is 10.7. The van der Waals surface area contributed by atoms with Crippen molar-refractivity contribution >= 4 is 0 Å². The van der Waals surface area contributed by atoms with Gasteiger partial charge >= 0.3 is 0 Å². The number of aromatic hydroxyl groups is 1. The van der Waals surface area contributed by atoms with Crippen LogP contribution in [0.4, 0.5) is 0 Å². The van der Waals surface area contributed by atoms with Gasteiger partial charge in [-0.25, -0.2) is 0 Å². The Balaban J connectivity index is 2.68. The number of phenols is 1. The Kier molecular flexibility index (Phi) is 3.98. The third kappa shape index (κ3) is 3.86. The van der Waals surface area contributed by atoms with E-state index in [1.165, 1.54) is 0 Å². The summed E-state index contributed by atoms with van der Waals surface area (Å²) in [4.78, 5) is 0. The summed E-state index contributed by atoms with van der Waals surface area (Å²) in [6.07, 6.45) is 2.46. The molecule has 0 amide bonds. The SMILES string of the molecule is Cc1cc(C)c(CCCC(C)(C)O)c(O)c1. The molecule has 0 fully saturated rings. The van der Waals surface area contributed by atoms with Gasteiger partial charge in [-0.3, -0.25) is 0 Å². The molecule has 0 unspecified atom stereocenters. The molecule has 1 rings (SSSR count). The Hall–Kier alpha value is -1.02. The van der Waals surface area contributed by atoms with Crippen LogP contribution in [0.3, 0.4) is 0 Å². The Morgan fingerprint density at radius 2 is 1.81 bits per heavy atom. The smallest absolute Gasteiger partial charge is 0.119 e. The van der Waals surface area contributed by atoms with Crippen molar-refractivity contribution in [1.82, 2.24) is 0 Å². The average molecular weight is 222 g/mol. The van der Waals surface area contributed by atoms with E-state index in [1.54, 1.807) is 6.07 Å². The molecular formula is C14H22O2. The first-order chi connectivity index (χ1) is 7.29. The number of aliphatic hydroxyl groups is 1. The normalized spacial score (nSPS) is 11.8. The van der Waals surface area contributed by atoms with Crippen molar-refractivity contribution in [3.63, 3.8) is 0 Å². The summed E-state index contributed by atoms with van der Waals surface area (Å²) in [6.45, 7) is 7.63. The van der Waals surface area contributed by atoms with E-state index < -0.39 is 5.60 Å². The summed E-state index contributed by atoms with van der Waals surface area (Å²) in [5, 5.41) is 19.5. The van der Waals surface area contributed by atoms with E-state index >= 15 is 0 Å². The molecule has 0 saturated carbocycles. The standard InChI is InChI=1S/C14H22O2/c1-10-8-11(2)12(13(15)9-10)6-5-7-14(3,4)16/h8-9,15-16H,5-7H2,1-4H3. The maximum absolute atomic E-state index is 9.84. The van der Waals surface area contributed by atoms with Gasteiger partial charge in [0, 0.05) is 0 Å². The van der Waals surface area contributed by atoms with E-state index in [2.05, 4.69) is 6.07 Å². The summed E-state index contributed by atoms with van der Waals surface area (Å²) in [5.41, 5.74) is 2.61. The summed E-state index contributed by atoms with van der Waals surface area (Å²) < 4.78 is 0. The van der Waals surface area contributed by atoms with Crippen molar-refractivity contribution in [3.8, 4) is 5.75 Å². The number of rotatable bonds is 4. The predicted molar refractivity (Wildman–Crippen MR) is 66.8 cm³/mol. The molecule has 0 radical (unpaired) electrons. The highest BCUT2D eigenvalue weighted by atomic mass is 16.3. The van der Waals surface area contributed by atoms with Crippen molar-refractivity contribution in [2.75, 3.05) is 0 Å². The molecule has 0 atom stereocenters. The van der Waals surface area contributed by atoms with Crippen LogP contribution in [0.15, 0.2) is 12.1 Å². The Morgan fingerprint density at radius 3 is 2.31 bits per heavy atom. The van der Waals surface area contributed by atoms with Gasteiger partial charge in [-0.2, -0.15) is 0 Å². The van der Waals surface area contributed by atoms with E-state index in [0.717, 1.165) is 36.0 Å². The maximum atomic E-state index is 9.84. The van der Waals surface area contributed by atoms with Gasteiger partial charge in [0.05, 0.1) is 5.60 Å². The first-order valence-corrected chi connectivity index (χ1v) is 5.81. The van der Waals surface area contributed by atoms with Crippen LogP contribution in [-0.2, 0) is 6.42 Å². The zero-order valence-corrected chi connectivity index (χ0v) is 10.7. The molecule has 2 nitrogen and oxygen atoms in total. The van der Waals surface area contributed by atoms with E-state index in [0.29, 0.717) is 5.75 Å². The first kappa shape index (κ1) is 13.0. The molecule has 0 heterocycles. The predicted octanol–water partition coefficient (Wildman–Crippen LogP) is 3.10. The van der Waals surface area contributed by atoms with E-state index in [-0.39, 0.29) is 0 Å². The van der Waals surface area contributed by atoms with E-state index in [4.69, 9.17) is 0 Å². The summed E-state index contributed by atoms with van der Waals surface area (Å²) in [6, 6.07) is 3.88. The fourth-order valence-electron chi connectivity index (χ4n) is 2.00. The summed E-state index contributed by atoms with van der Waals surface area (Å²) >= 11 is 0. The van der Waals surface area contributed by atoms with Crippen molar-refractivity contribution in [2.24, 2.45) is 0 Å². The molecule has 90 valence electrons. The molecule has 0 aromatic heterocycles. The summed E-state index contributed by atoms with van der Waals surface area (Å²) in [7, 11) is 0.